The topological polar surface area (TPSA) is 50.7 Å². The zero-order valence-corrected chi connectivity index (χ0v) is 13.2. The first kappa shape index (κ1) is 15.4. The third-order valence-electron chi connectivity index (χ3n) is 3.19. The van der Waals surface area contributed by atoms with Crippen LogP contribution >= 0.6 is 0 Å². The van der Waals surface area contributed by atoms with E-state index in [2.05, 4.69) is 20.3 Å². The molecular formula is C16H21FN4. The van der Waals surface area contributed by atoms with Gasteiger partial charge in [-0.1, -0.05) is 20.8 Å². The third kappa shape index (κ3) is 3.17. The van der Waals surface area contributed by atoms with Gasteiger partial charge in [-0.3, -0.25) is 4.98 Å². The molecule has 4 nitrogen and oxygen atoms in total. The molecule has 5 heteroatoms. The van der Waals surface area contributed by atoms with Gasteiger partial charge in [-0.05, 0) is 19.9 Å². The minimum Gasteiger partial charge on any atom is -0.370 e. The lowest BCUT2D eigenvalue weighted by Gasteiger charge is -2.21. The van der Waals surface area contributed by atoms with Crippen LogP contribution in [0.4, 0.5) is 10.2 Å². The summed E-state index contributed by atoms with van der Waals surface area (Å²) in [5.41, 5.74) is 1.70. The highest BCUT2D eigenvalue weighted by molar-refractivity contribution is 5.68. The van der Waals surface area contributed by atoms with E-state index in [0.717, 1.165) is 17.9 Å². The van der Waals surface area contributed by atoms with Crippen LogP contribution in [0.3, 0.4) is 0 Å². The van der Waals surface area contributed by atoms with E-state index in [1.807, 2.05) is 34.6 Å². The van der Waals surface area contributed by atoms with Crippen molar-refractivity contribution in [3.8, 4) is 11.3 Å². The molecule has 0 fully saturated rings. The highest BCUT2D eigenvalue weighted by Crippen LogP contribution is 2.30. The number of halogens is 1. The second-order valence-electron chi connectivity index (χ2n) is 6.01. The van der Waals surface area contributed by atoms with Crippen LogP contribution in [0.2, 0.25) is 0 Å². The van der Waals surface area contributed by atoms with Crippen molar-refractivity contribution in [3.63, 3.8) is 0 Å². The summed E-state index contributed by atoms with van der Waals surface area (Å²) in [6, 6.07) is 1.65. The molecule has 0 aliphatic heterocycles. The van der Waals surface area contributed by atoms with Crippen molar-refractivity contribution in [3.05, 3.63) is 35.7 Å². The van der Waals surface area contributed by atoms with Crippen molar-refractivity contribution >= 4 is 5.82 Å². The van der Waals surface area contributed by atoms with Gasteiger partial charge in [0, 0.05) is 29.3 Å². The molecule has 0 aromatic carbocycles. The lowest BCUT2D eigenvalue weighted by atomic mass is 9.95. The van der Waals surface area contributed by atoms with E-state index in [1.54, 1.807) is 12.3 Å². The fraction of sp³-hybridized carbons (Fsp3) is 0.438. The van der Waals surface area contributed by atoms with Gasteiger partial charge in [0.1, 0.15) is 11.6 Å². The molecule has 0 unspecified atom stereocenters. The smallest absolute Gasteiger partial charge is 0.150 e. The van der Waals surface area contributed by atoms with Crippen LogP contribution < -0.4 is 5.32 Å². The summed E-state index contributed by atoms with van der Waals surface area (Å²) in [5.74, 6) is 1.07. The Balaban J connectivity index is 2.70. The summed E-state index contributed by atoms with van der Waals surface area (Å²) >= 11 is 0. The van der Waals surface area contributed by atoms with Crippen molar-refractivity contribution in [2.75, 3.05) is 11.9 Å². The van der Waals surface area contributed by atoms with E-state index in [-0.39, 0.29) is 11.2 Å². The van der Waals surface area contributed by atoms with Crippen molar-refractivity contribution in [2.45, 2.75) is 40.0 Å². The largest absolute Gasteiger partial charge is 0.370 e. The number of rotatable bonds is 3. The standard InChI is InChI=1S/C16H21FN4/c1-6-19-14-10(2)13(11-7-8-18-9-12(11)17)20-15(21-14)16(3,4)5/h7-9H,6H2,1-5H3,(H,19,20,21). The molecule has 112 valence electrons. The Bertz CT molecular complexity index is 647. The zero-order chi connectivity index (χ0) is 15.6. The maximum absolute atomic E-state index is 14.1. The number of nitrogens with one attached hydrogen (secondary N) is 1. The van der Waals surface area contributed by atoms with Crippen LogP contribution in [0.25, 0.3) is 11.3 Å². The van der Waals surface area contributed by atoms with Crippen molar-refractivity contribution < 1.29 is 4.39 Å². The van der Waals surface area contributed by atoms with Crippen LogP contribution in [0.5, 0.6) is 0 Å². The van der Waals surface area contributed by atoms with Crippen LogP contribution in [-0.2, 0) is 5.41 Å². The van der Waals surface area contributed by atoms with Gasteiger partial charge >= 0.3 is 0 Å². The lowest BCUT2D eigenvalue weighted by Crippen LogP contribution is -2.19. The molecule has 2 heterocycles. The summed E-state index contributed by atoms with van der Waals surface area (Å²) < 4.78 is 14.1. The fourth-order valence-electron chi connectivity index (χ4n) is 2.02. The highest BCUT2D eigenvalue weighted by atomic mass is 19.1. The van der Waals surface area contributed by atoms with Crippen molar-refractivity contribution in [1.82, 2.24) is 15.0 Å². The second-order valence-corrected chi connectivity index (χ2v) is 6.01. The van der Waals surface area contributed by atoms with Crippen LogP contribution in [0, 0.1) is 12.7 Å². The summed E-state index contributed by atoms with van der Waals surface area (Å²) in [7, 11) is 0. The summed E-state index contributed by atoms with van der Waals surface area (Å²) in [6.45, 7) is 10.8. The van der Waals surface area contributed by atoms with Crippen molar-refractivity contribution in [1.29, 1.82) is 0 Å². The molecule has 2 aromatic rings. The molecule has 0 bridgehead atoms. The number of anilines is 1. The second kappa shape index (κ2) is 5.76. The van der Waals surface area contributed by atoms with Gasteiger partial charge in [0.05, 0.1) is 11.9 Å². The molecule has 0 spiro atoms. The lowest BCUT2D eigenvalue weighted by molar-refractivity contribution is 0.545. The van der Waals surface area contributed by atoms with E-state index in [0.29, 0.717) is 17.1 Å². The quantitative estimate of drug-likeness (QED) is 0.935. The van der Waals surface area contributed by atoms with E-state index in [9.17, 15) is 4.39 Å². The first-order valence-corrected chi connectivity index (χ1v) is 7.07. The van der Waals surface area contributed by atoms with E-state index in [1.165, 1.54) is 6.20 Å². The van der Waals surface area contributed by atoms with Gasteiger partial charge in [0.2, 0.25) is 0 Å². The fourth-order valence-corrected chi connectivity index (χ4v) is 2.02. The number of nitrogens with zero attached hydrogens (tertiary/aromatic N) is 3. The predicted molar refractivity (Wildman–Crippen MR) is 82.8 cm³/mol. The summed E-state index contributed by atoms with van der Waals surface area (Å²) in [5, 5.41) is 3.23. The SMILES string of the molecule is CCNc1nc(C(C)(C)C)nc(-c2ccncc2F)c1C. The maximum Gasteiger partial charge on any atom is 0.150 e. The molecular weight excluding hydrogens is 267 g/mol. The Morgan fingerprint density at radius 3 is 2.52 bits per heavy atom. The highest BCUT2D eigenvalue weighted by Gasteiger charge is 2.22. The van der Waals surface area contributed by atoms with Gasteiger partial charge in [-0.2, -0.15) is 0 Å². The van der Waals surface area contributed by atoms with Crippen molar-refractivity contribution in [2.24, 2.45) is 0 Å². The van der Waals surface area contributed by atoms with E-state index < -0.39 is 0 Å². The molecule has 2 rings (SSSR count). The number of aromatic nitrogens is 3. The Hall–Kier alpha value is -2.04. The first-order valence-electron chi connectivity index (χ1n) is 7.07. The summed E-state index contributed by atoms with van der Waals surface area (Å²) in [6.07, 6.45) is 2.78. The Kier molecular flexibility index (Phi) is 4.21. The van der Waals surface area contributed by atoms with Gasteiger partial charge < -0.3 is 5.32 Å². The van der Waals surface area contributed by atoms with Crippen LogP contribution in [-0.4, -0.2) is 21.5 Å². The number of pyridine rings is 1. The molecule has 21 heavy (non-hydrogen) atoms. The molecule has 0 radical (unpaired) electrons. The Morgan fingerprint density at radius 2 is 1.95 bits per heavy atom. The predicted octanol–water partition coefficient (Wildman–Crippen LogP) is 3.72. The molecule has 0 aliphatic rings. The molecule has 0 saturated heterocycles. The van der Waals surface area contributed by atoms with E-state index >= 15 is 0 Å². The Morgan fingerprint density at radius 1 is 1.24 bits per heavy atom. The van der Waals surface area contributed by atoms with Gasteiger partial charge in [-0.25, -0.2) is 14.4 Å². The average Bonchev–Trinajstić information content (AvgIpc) is 2.41. The maximum atomic E-state index is 14.1. The zero-order valence-electron chi connectivity index (χ0n) is 13.2. The monoisotopic (exact) mass is 288 g/mol. The molecule has 0 amide bonds. The number of hydrogen-bond donors (Lipinski definition) is 1. The Labute approximate surface area is 124 Å². The first-order chi connectivity index (χ1) is 9.84. The molecule has 0 atom stereocenters. The van der Waals surface area contributed by atoms with Crippen LogP contribution in [0.1, 0.15) is 39.1 Å². The van der Waals surface area contributed by atoms with Crippen LogP contribution in [0.15, 0.2) is 18.5 Å². The van der Waals surface area contributed by atoms with Gasteiger partial charge in [0.25, 0.3) is 0 Å². The van der Waals surface area contributed by atoms with Gasteiger partial charge in [0.15, 0.2) is 5.82 Å². The van der Waals surface area contributed by atoms with E-state index in [4.69, 9.17) is 0 Å². The normalized spacial score (nSPS) is 11.5. The summed E-state index contributed by atoms with van der Waals surface area (Å²) in [4.78, 5) is 13.0. The minimum atomic E-state index is -0.374. The molecule has 0 aliphatic carbocycles. The third-order valence-corrected chi connectivity index (χ3v) is 3.19. The molecule has 0 saturated carbocycles. The minimum absolute atomic E-state index is 0.212. The molecule has 2 aromatic heterocycles. The van der Waals surface area contributed by atoms with Gasteiger partial charge in [-0.15, -0.1) is 0 Å². The average molecular weight is 288 g/mol. The number of hydrogen-bond acceptors (Lipinski definition) is 4. The molecule has 1 N–H and O–H groups in total.